The van der Waals surface area contributed by atoms with Crippen LogP contribution >= 0.6 is 12.4 Å². The van der Waals surface area contributed by atoms with E-state index in [0.29, 0.717) is 24.0 Å². The Morgan fingerprint density at radius 3 is 2.35 bits per heavy atom. The number of benzene rings is 1. The highest BCUT2D eigenvalue weighted by atomic mass is 35.5. The van der Waals surface area contributed by atoms with Gasteiger partial charge in [-0.15, -0.1) is 12.4 Å². The molecule has 1 saturated heterocycles. The number of nitrogens with zero attached hydrogens (tertiary/aromatic N) is 1. The average molecular weight is 301 g/mol. The van der Waals surface area contributed by atoms with Crippen molar-refractivity contribution in [3.05, 3.63) is 35.6 Å². The van der Waals surface area contributed by atoms with Crippen molar-refractivity contribution < 1.29 is 4.39 Å². The minimum atomic E-state index is -0.159. The van der Waals surface area contributed by atoms with Crippen molar-refractivity contribution >= 4 is 12.4 Å². The molecule has 4 heteroatoms. The Labute approximate surface area is 128 Å². The number of hydrogen-bond donors (Lipinski definition) is 1. The molecule has 114 valence electrons. The molecule has 0 amide bonds. The monoisotopic (exact) mass is 300 g/mol. The summed E-state index contributed by atoms with van der Waals surface area (Å²) in [5, 5.41) is 3.51. The number of piperazine rings is 1. The Balaban J connectivity index is 0.00000200. The zero-order valence-electron chi connectivity index (χ0n) is 12.8. The van der Waals surface area contributed by atoms with Gasteiger partial charge in [0, 0.05) is 31.2 Å². The standard InChI is InChI=1S/C16H25FN2.ClH/c1-11(2)16(14-5-7-15(17)8-6-14)19-10-12(3)18-9-13(19)4;/h5-8,11-13,16,18H,9-10H2,1-4H3;1H/t12-,13+,16?;/m0./s1. The van der Waals surface area contributed by atoms with E-state index in [-0.39, 0.29) is 18.2 Å². The van der Waals surface area contributed by atoms with Gasteiger partial charge in [-0.1, -0.05) is 26.0 Å². The van der Waals surface area contributed by atoms with Crippen LogP contribution in [0.1, 0.15) is 39.3 Å². The first-order valence-corrected chi connectivity index (χ1v) is 7.23. The molecule has 1 aromatic rings. The zero-order chi connectivity index (χ0) is 14.0. The summed E-state index contributed by atoms with van der Waals surface area (Å²) in [4.78, 5) is 2.55. The Bertz CT molecular complexity index is 407. The third kappa shape index (κ3) is 3.94. The van der Waals surface area contributed by atoms with Crippen LogP contribution in [0.4, 0.5) is 4.39 Å². The molecule has 1 heterocycles. The van der Waals surface area contributed by atoms with Crippen molar-refractivity contribution in [2.75, 3.05) is 13.1 Å². The van der Waals surface area contributed by atoms with Gasteiger partial charge in [0.1, 0.15) is 5.82 Å². The maximum Gasteiger partial charge on any atom is 0.123 e. The normalized spacial score (nSPS) is 25.3. The number of rotatable bonds is 3. The van der Waals surface area contributed by atoms with Crippen LogP contribution in [0, 0.1) is 11.7 Å². The highest BCUT2D eigenvalue weighted by Gasteiger charge is 2.31. The van der Waals surface area contributed by atoms with E-state index in [1.165, 1.54) is 5.56 Å². The van der Waals surface area contributed by atoms with Crippen molar-refractivity contribution in [3.63, 3.8) is 0 Å². The average Bonchev–Trinajstić information content (AvgIpc) is 2.36. The molecule has 0 spiro atoms. The summed E-state index contributed by atoms with van der Waals surface area (Å²) in [5.74, 6) is 0.353. The van der Waals surface area contributed by atoms with Gasteiger partial charge >= 0.3 is 0 Å². The van der Waals surface area contributed by atoms with Gasteiger partial charge in [0.05, 0.1) is 0 Å². The van der Waals surface area contributed by atoms with Gasteiger partial charge in [-0.3, -0.25) is 4.90 Å². The molecule has 0 aromatic heterocycles. The van der Waals surface area contributed by atoms with Crippen LogP contribution in [-0.4, -0.2) is 30.1 Å². The molecule has 1 N–H and O–H groups in total. The van der Waals surface area contributed by atoms with Crippen LogP contribution in [-0.2, 0) is 0 Å². The summed E-state index contributed by atoms with van der Waals surface area (Å²) < 4.78 is 13.1. The SMILES string of the molecule is CC(C)C(c1ccc(F)cc1)N1C[C@H](C)NC[C@H]1C.Cl. The number of nitrogens with one attached hydrogen (secondary N) is 1. The molecule has 0 saturated carbocycles. The first-order valence-electron chi connectivity index (χ1n) is 7.23. The molecule has 0 aliphatic carbocycles. The summed E-state index contributed by atoms with van der Waals surface area (Å²) in [6, 6.07) is 8.38. The third-order valence-corrected chi connectivity index (χ3v) is 4.01. The Morgan fingerprint density at radius 1 is 1.20 bits per heavy atom. The van der Waals surface area contributed by atoms with E-state index in [0.717, 1.165) is 13.1 Å². The van der Waals surface area contributed by atoms with E-state index in [9.17, 15) is 4.39 Å². The Hall–Kier alpha value is -0.640. The molecule has 1 aromatic carbocycles. The predicted octanol–water partition coefficient (Wildman–Crippen LogP) is 3.63. The summed E-state index contributed by atoms with van der Waals surface area (Å²) in [6.45, 7) is 11.0. The maximum atomic E-state index is 13.1. The highest BCUT2D eigenvalue weighted by molar-refractivity contribution is 5.85. The van der Waals surface area contributed by atoms with Crippen LogP contribution in [0.5, 0.6) is 0 Å². The van der Waals surface area contributed by atoms with Gasteiger partial charge in [0.15, 0.2) is 0 Å². The second-order valence-electron chi connectivity index (χ2n) is 6.10. The van der Waals surface area contributed by atoms with E-state index in [1.54, 1.807) is 12.1 Å². The quantitative estimate of drug-likeness (QED) is 0.917. The molecule has 0 radical (unpaired) electrons. The van der Waals surface area contributed by atoms with Crippen LogP contribution in [0.3, 0.4) is 0 Å². The van der Waals surface area contributed by atoms with Gasteiger partial charge in [-0.2, -0.15) is 0 Å². The molecule has 0 bridgehead atoms. The molecule has 1 aliphatic heterocycles. The van der Waals surface area contributed by atoms with E-state index in [4.69, 9.17) is 0 Å². The fraction of sp³-hybridized carbons (Fsp3) is 0.625. The summed E-state index contributed by atoms with van der Waals surface area (Å²) in [7, 11) is 0. The predicted molar refractivity (Wildman–Crippen MR) is 84.9 cm³/mol. The van der Waals surface area contributed by atoms with E-state index in [2.05, 4.69) is 37.9 Å². The maximum absolute atomic E-state index is 13.1. The zero-order valence-corrected chi connectivity index (χ0v) is 13.6. The summed E-state index contributed by atoms with van der Waals surface area (Å²) in [6.07, 6.45) is 0. The smallest absolute Gasteiger partial charge is 0.123 e. The second kappa shape index (κ2) is 7.39. The minimum Gasteiger partial charge on any atom is -0.311 e. The van der Waals surface area contributed by atoms with Crippen LogP contribution < -0.4 is 5.32 Å². The van der Waals surface area contributed by atoms with Crippen molar-refractivity contribution in [2.45, 2.75) is 45.8 Å². The molecule has 2 nitrogen and oxygen atoms in total. The molecule has 1 aliphatic rings. The van der Waals surface area contributed by atoms with E-state index in [1.807, 2.05) is 12.1 Å². The molecule has 2 rings (SSSR count). The second-order valence-corrected chi connectivity index (χ2v) is 6.10. The first kappa shape index (κ1) is 17.4. The van der Waals surface area contributed by atoms with Crippen molar-refractivity contribution in [1.82, 2.24) is 10.2 Å². The van der Waals surface area contributed by atoms with Crippen molar-refractivity contribution in [2.24, 2.45) is 5.92 Å². The van der Waals surface area contributed by atoms with E-state index >= 15 is 0 Å². The van der Waals surface area contributed by atoms with Gasteiger partial charge in [-0.05, 0) is 37.5 Å². The number of halogens is 2. The lowest BCUT2D eigenvalue weighted by atomic mass is 9.92. The topological polar surface area (TPSA) is 15.3 Å². The highest BCUT2D eigenvalue weighted by Crippen LogP contribution is 2.31. The number of hydrogen-bond acceptors (Lipinski definition) is 2. The van der Waals surface area contributed by atoms with E-state index < -0.39 is 0 Å². The molecule has 1 fully saturated rings. The van der Waals surface area contributed by atoms with Gasteiger partial charge in [-0.25, -0.2) is 4.39 Å². The molecule has 20 heavy (non-hydrogen) atoms. The Kier molecular flexibility index (Phi) is 6.44. The molecule has 1 unspecified atom stereocenters. The summed E-state index contributed by atoms with van der Waals surface area (Å²) >= 11 is 0. The fourth-order valence-electron chi connectivity index (χ4n) is 3.06. The molecular weight excluding hydrogens is 275 g/mol. The van der Waals surface area contributed by atoms with Gasteiger partial charge < -0.3 is 5.32 Å². The van der Waals surface area contributed by atoms with Crippen LogP contribution in [0.25, 0.3) is 0 Å². The van der Waals surface area contributed by atoms with Crippen molar-refractivity contribution in [3.8, 4) is 0 Å². The largest absolute Gasteiger partial charge is 0.311 e. The minimum absolute atomic E-state index is 0. The fourth-order valence-corrected chi connectivity index (χ4v) is 3.06. The third-order valence-electron chi connectivity index (χ3n) is 4.01. The van der Waals surface area contributed by atoms with Crippen molar-refractivity contribution in [1.29, 1.82) is 0 Å². The van der Waals surface area contributed by atoms with Crippen LogP contribution in [0.2, 0.25) is 0 Å². The molecular formula is C16H26ClFN2. The molecule has 3 atom stereocenters. The summed E-state index contributed by atoms with van der Waals surface area (Å²) in [5.41, 5.74) is 1.22. The van der Waals surface area contributed by atoms with Crippen LogP contribution in [0.15, 0.2) is 24.3 Å². The Morgan fingerprint density at radius 2 is 1.80 bits per heavy atom. The van der Waals surface area contributed by atoms with Gasteiger partial charge in [0.2, 0.25) is 0 Å². The lowest BCUT2D eigenvalue weighted by Crippen LogP contribution is -2.56. The first-order chi connectivity index (χ1) is 8.99. The lowest BCUT2D eigenvalue weighted by molar-refractivity contribution is 0.0697. The van der Waals surface area contributed by atoms with Gasteiger partial charge in [0.25, 0.3) is 0 Å². The lowest BCUT2D eigenvalue weighted by Gasteiger charge is -2.44.